The number of nitrogens with zero attached hydrogens (tertiary/aromatic N) is 3. The van der Waals surface area contributed by atoms with Crippen LogP contribution in [0.4, 0.5) is 5.69 Å². The van der Waals surface area contributed by atoms with Crippen molar-refractivity contribution in [2.75, 3.05) is 17.8 Å². The molecule has 1 atom stereocenters. The van der Waals surface area contributed by atoms with Gasteiger partial charge in [-0.2, -0.15) is 17.8 Å². The second-order valence-electron chi connectivity index (χ2n) is 5.12. The monoisotopic (exact) mass is 301 g/mol. The topological polar surface area (TPSA) is 93.2 Å². The SMILES string of the molecule is CCc1nn(C)cc1NS(=O)(=O)N1CCCCC1CN. The van der Waals surface area contributed by atoms with Crippen molar-refractivity contribution in [2.24, 2.45) is 12.8 Å². The third-order valence-electron chi connectivity index (χ3n) is 3.63. The Morgan fingerprint density at radius 1 is 1.50 bits per heavy atom. The first-order valence-electron chi connectivity index (χ1n) is 7.00. The van der Waals surface area contributed by atoms with Crippen molar-refractivity contribution in [3.63, 3.8) is 0 Å². The molecule has 0 bridgehead atoms. The first-order valence-corrected chi connectivity index (χ1v) is 8.44. The molecule has 0 amide bonds. The van der Waals surface area contributed by atoms with E-state index in [0.717, 1.165) is 25.0 Å². The fourth-order valence-electron chi connectivity index (χ4n) is 2.60. The third kappa shape index (κ3) is 3.13. The van der Waals surface area contributed by atoms with Gasteiger partial charge in [0.1, 0.15) is 0 Å². The van der Waals surface area contributed by atoms with Crippen molar-refractivity contribution in [2.45, 2.75) is 38.6 Å². The normalized spacial score (nSPS) is 21.1. The van der Waals surface area contributed by atoms with Gasteiger partial charge in [0.25, 0.3) is 0 Å². The van der Waals surface area contributed by atoms with Gasteiger partial charge < -0.3 is 5.73 Å². The fraction of sp³-hybridized carbons (Fsp3) is 0.750. The molecule has 1 fully saturated rings. The van der Waals surface area contributed by atoms with Crippen molar-refractivity contribution in [3.05, 3.63) is 11.9 Å². The van der Waals surface area contributed by atoms with Crippen LogP contribution in [0.2, 0.25) is 0 Å². The van der Waals surface area contributed by atoms with Gasteiger partial charge in [0.15, 0.2) is 0 Å². The van der Waals surface area contributed by atoms with Crippen LogP contribution in [0, 0.1) is 0 Å². The van der Waals surface area contributed by atoms with Gasteiger partial charge in [-0.15, -0.1) is 0 Å². The van der Waals surface area contributed by atoms with Crippen LogP contribution in [0.5, 0.6) is 0 Å². The highest BCUT2D eigenvalue weighted by atomic mass is 32.2. The van der Waals surface area contributed by atoms with Gasteiger partial charge in [-0.3, -0.25) is 9.40 Å². The Bertz CT molecular complexity index is 554. The van der Waals surface area contributed by atoms with Crippen LogP contribution in [0.3, 0.4) is 0 Å². The second-order valence-corrected chi connectivity index (χ2v) is 6.74. The summed E-state index contributed by atoms with van der Waals surface area (Å²) >= 11 is 0. The standard InChI is InChI=1S/C12H23N5O2S/c1-3-11-12(9-16(2)14-11)15-20(18,19)17-7-5-4-6-10(17)8-13/h9-10,15H,3-8,13H2,1-2H3. The molecular formula is C12H23N5O2S. The van der Waals surface area contributed by atoms with E-state index in [4.69, 9.17) is 5.73 Å². The number of hydrogen-bond donors (Lipinski definition) is 2. The van der Waals surface area contributed by atoms with Gasteiger partial charge in [0, 0.05) is 32.4 Å². The van der Waals surface area contributed by atoms with Crippen molar-refractivity contribution in [1.82, 2.24) is 14.1 Å². The van der Waals surface area contributed by atoms with E-state index in [2.05, 4.69) is 9.82 Å². The van der Waals surface area contributed by atoms with Crippen LogP contribution in [-0.4, -0.2) is 41.6 Å². The van der Waals surface area contributed by atoms with Crippen LogP contribution >= 0.6 is 0 Å². The highest BCUT2D eigenvalue weighted by molar-refractivity contribution is 7.90. The van der Waals surface area contributed by atoms with Crippen molar-refractivity contribution < 1.29 is 8.42 Å². The predicted octanol–water partition coefficient (Wildman–Crippen LogP) is 0.452. The summed E-state index contributed by atoms with van der Waals surface area (Å²) in [5.41, 5.74) is 6.99. The summed E-state index contributed by atoms with van der Waals surface area (Å²) in [5.74, 6) is 0. The number of anilines is 1. The Morgan fingerprint density at radius 3 is 2.90 bits per heavy atom. The Kier molecular flexibility index (Phi) is 4.66. The number of piperidine rings is 1. The lowest BCUT2D eigenvalue weighted by atomic mass is 10.1. The average molecular weight is 301 g/mol. The summed E-state index contributed by atoms with van der Waals surface area (Å²) < 4.78 is 30.8. The molecule has 1 aliphatic rings. The maximum absolute atomic E-state index is 12.5. The fourth-order valence-corrected chi connectivity index (χ4v) is 4.12. The zero-order valence-electron chi connectivity index (χ0n) is 12.0. The molecular weight excluding hydrogens is 278 g/mol. The molecule has 2 rings (SSSR count). The van der Waals surface area contributed by atoms with Crippen molar-refractivity contribution >= 4 is 15.9 Å². The molecule has 2 heterocycles. The summed E-state index contributed by atoms with van der Waals surface area (Å²) in [6, 6.07) is -0.108. The average Bonchev–Trinajstić information content (AvgIpc) is 2.77. The largest absolute Gasteiger partial charge is 0.329 e. The van der Waals surface area contributed by atoms with E-state index in [0.29, 0.717) is 25.2 Å². The maximum atomic E-state index is 12.5. The van der Waals surface area contributed by atoms with E-state index < -0.39 is 10.2 Å². The molecule has 0 spiro atoms. The second kappa shape index (κ2) is 6.11. The molecule has 1 unspecified atom stereocenters. The summed E-state index contributed by atoms with van der Waals surface area (Å²) in [4.78, 5) is 0. The van der Waals surface area contributed by atoms with Crippen LogP contribution in [0.25, 0.3) is 0 Å². The minimum absolute atomic E-state index is 0.108. The molecule has 3 N–H and O–H groups in total. The van der Waals surface area contributed by atoms with Crippen molar-refractivity contribution in [3.8, 4) is 0 Å². The maximum Gasteiger partial charge on any atom is 0.302 e. The highest BCUT2D eigenvalue weighted by Crippen LogP contribution is 2.23. The number of hydrogen-bond acceptors (Lipinski definition) is 4. The first-order chi connectivity index (χ1) is 9.47. The van der Waals surface area contributed by atoms with Gasteiger partial charge in [-0.1, -0.05) is 13.3 Å². The van der Waals surface area contributed by atoms with Crippen LogP contribution in [-0.2, 0) is 23.7 Å². The van der Waals surface area contributed by atoms with E-state index in [-0.39, 0.29) is 6.04 Å². The Hall–Kier alpha value is -1.12. The number of nitrogens with one attached hydrogen (secondary N) is 1. The molecule has 1 saturated heterocycles. The lowest BCUT2D eigenvalue weighted by Gasteiger charge is -2.33. The van der Waals surface area contributed by atoms with Gasteiger partial charge in [-0.05, 0) is 19.3 Å². The van der Waals surface area contributed by atoms with Crippen molar-refractivity contribution in [1.29, 1.82) is 0 Å². The van der Waals surface area contributed by atoms with Gasteiger partial charge in [0.05, 0.1) is 11.4 Å². The highest BCUT2D eigenvalue weighted by Gasteiger charge is 2.32. The predicted molar refractivity (Wildman–Crippen MR) is 78.5 cm³/mol. The van der Waals surface area contributed by atoms with Crippen LogP contribution < -0.4 is 10.5 Å². The van der Waals surface area contributed by atoms with E-state index in [9.17, 15) is 8.42 Å². The molecule has 7 nitrogen and oxygen atoms in total. The zero-order chi connectivity index (χ0) is 14.8. The van der Waals surface area contributed by atoms with E-state index in [1.807, 2.05) is 6.92 Å². The molecule has 114 valence electrons. The Balaban J connectivity index is 2.21. The minimum Gasteiger partial charge on any atom is -0.329 e. The number of nitrogens with two attached hydrogens (primary N) is 1. The summed E-state index contributed by atoms with van der Waals surface area (Å²) in [6.07, 6.45) is 5.11. The van der Waals surface area contributed by atoms with E-state index >= 15 is 0 Å². The molecule has 1 aromatic heterocycles. The third-order valence-corrected chi connectivity index (χ3v) is 5.21. The molecule has 0 radical (unpaired) electrons. The molecule has 0 aliphatic carbocycles. The van der Waals surface area contributed by atoms with E-state index in [1.54, 1.807) is 17.9 Å². The Labute approximate surface area is 120 Å². The quantitative estimate of drug-likeness (QED) is 0.826. The molecule has 0 aromatic carbocycles. The number of rotatable bonds is 5. The summed E-state index contributed by atoms with van der Waals surface area (Å²) in [6.45, 7) is 2.83. The molecule has 1 aliphatic heterocycles. The molecule has 1 aromatic rings. The molecule has 20 heavy (non-hydrogen) atoms. The number of aryl methyl sites for hydroxylation is 2. The first kappa shape index (κ1) is 15.3. The lowest BCUT2D eigenvalue weighted by molar-refractivity contribution is 0.259. The lowest BCUT2D eigenvalue weighted by Crippen LogP contribution is -2.49. The molecule has 8 heteroatoms. The van der Waals surface area contributed by atoms with E-state index in [1.165, 1.54) is 4.31 Å². The zero-order valence-corrected chi connectivity index (χ0v) is 12.9. The summed E-state index contributed by atoms with van der Waals surface area (Å²) in [5, 5.41) is 4.24. The smallest absolute Gasteiger partial charge is 0.302 e. The Morgan fingerprint density at radius 2 is 2.25 bits per heavy atom. The van der Waals surface area contributed by atoms with Gasteiger partial charge in [0.2, 0.25) is 0 Å². The number of aromatic nitrogens is 2. The van der Waals surface area contributed by atoms with Crippen LogP contribution in [0.1, 0.15) is 31.9 Å². The van der Waals surface area contributed by atoms with Crippen LogP contribution in [0.15, 0.2) is 6.20 Å². The van der Waals surface area contributed by atoms with Gasteiger partial charge in [-0.25, -0.2) is 0 Å². The summed E-state index contributed by atoms with van der Waals surface area (Å²) in [7, 11) is -1.79. The molecule has 0 saturated carbocycles. The van der Waals surface area contributed by atoms with Gasteiger partial charge >= 0.3 is 10.2 Å². The minimum atomic E-state index is -3.57.